The third-order valence-corrected chi connectivity index (χ3v) is 10.6. The average Bonchev–Trinajstić information content (AvgIpc) is 4.25. The Morgan fingerprint density at radius 1 is 0.587 bits per heavy atom. The minimum atomic E-state index is -0.928. The molecule has 414 valence electrons. The van der Waals surface area contributed by atoms with Crippen molar-refractivity contribution < 1.29 is 70.8 Å². The lowest BCUT2D eigenvalue weighted by molar-refractivity contribution is 0.0949. The number of benzene rings is 3. The van der Waals surface area contributed by atoms with Gasteiger partial charge in [-0.3, -0.25) is 9.80 Å². The van der Waals surface area contributed by atoms with Gasteiger partial charge in [-0.05, 0) is 70.8 Å². The van der Waals surface area contributed by atoms with Crippen molar-refractivity contribution in [2.24, 2.45) is 0 Å². The standard InChI is InChI=1S/2C17H20F2N2O3.C9H11F2NO.C8H9NO2.3CH4/c1-24-17-5-3-13(9-20-17)16(11-23)21(6-7-22)10-12-2-4-14(18)15(19)8-12;1-24-17-5-3-13(9-20-17)16(23)11-21(6-7-22)10-12-2-4-14(18)15(19)8-12;10-8-2-1-7(5-9(8)11)6-12-3-4-13;1-10-8-3-2-6(4-9-8)7-5-11-7;;;/h2*2-5,8-9,16,22-23H,6-7,10-11H2,1H3;1-2,5,12-13H,3-4,6H2;2-4,7H,5H2,1H3;3*1H4. The van der Waals surface area contributed by atoms with Gasteiger partial charge in [0.15, 0.2) is 34.9 Å². The highest BCUT2D eigenvalue weighted by molar-refractivity contribution is 5.25. The molecule has 6 aromatic rings. The van der Waals surface area contributed by atoms with Gasteiger partial charge in [-0.25, -0.2) is 41.3 Å². The van der Waals surface area contributed by atoms with Crippen molar-refractivity contribution in [1.82, 2.24) is 30.1 Å². The number of pyridine rings is 3. The van der Waals surface area contributed by atoms with Gasteiger partial charge in [0.1, 0.15) is 6.10 Å². The average molecular weight is 1060 g/mol. The number of ether oxygens (including phenoxy) is 4. The van der Waals surface area contributed by atoms with E-state index in [1.807, 2.05) is 12.1 Å². The molecule has 0 saturated carbocycles. The summed E-state index contributed by atoms with van der Waals surface area (Å²) in [6.07, 6.45) is 4.33. The summed E-state index contributed by atoms with van der Waals surface area (Å²) < 4.78 is 97.8. The maximum absolute atomic E-state index is 13.4. The molecule has 75 heavy (non-hydrogen) atoms. The van der Waals surface area contributed by atoms with E-state index in [1.165, 1.54) is 38.6 Å². The number of aromatic nitrogens is 3. The van der Waals surface area contributed by atoms with Crippen LogP contribution >= 0.6 is 0 Å². The van der Waals surface area contributed by atoms with Crippen molar-refractivity contribution in [3.63, 3.8) is 0 Å². The molecule has 0 amide bonds. The highest BCUT2D eigenvalue weighted by Gasteiger charge is 2.25. The zero-order valence-electron chi connectivity index (χ0n) is 40.0. The van der Waals surface area contributed by atoms with Gasteiger partial charge < -0.3 is 49.8 Å². The Hall–Kier alpha value is -6.27. The smallest absolute Gasteiger partial charge is 0.212 e. The molecule has 1 aliphatic rings. The molecule has 0 bridgehead atoms. The van der Waals surface area contributed by atoms with E-state index < -0.39 is 47.0 Å². The van der Waals surface area contributed by atoms with Crippen LogP contribution in [0.15, 0.2) is 110 Å². The van der Waals surface area contributed by atoms with E-state index in [0.29, 0.717) is 59.5 Å². The van der Waals surface area contributed by atoms with Crippen LogP contribution in [-0.4, -0.2) is 131 Å². The van der Waals surface area contributed by atoms with E-state index >= 15 is 0 Å². The maximum atomic E-state index is 13.4. The summed E-state index contributed by atoms with van der Waals surface area (Å²) in [5, 5.41) is 49.9. The SMILES string of the molecule is C.C.C.COc1ccc(C(CO)N(CCO)Cc2ccc(F)c(F)c2)cn1.COc1ccc(C(O)CN(CCO)Cc2ccc(F)c(F)c2)cn1.COc1ccc(C2CO2)cn1.OCCNCc1ccc(F)c(F)c1. The van der Waals surface area contributed by atoms with E-state index in [2.05, 4.69) is 20.3 Å². The van der Waals surface area contributed by atoms with Gasteiger partial charge in [0.25, 0.3) is 0 Å². The number of aliphatic hydroxyl groups is 5. The van der Waals surface area contributed by atoms with Gasteiger partial charge in [0.05, 0.1) is 66.5 Å². The number of halogens is 6. The fourth-order valence-corrected chi connectivity index (χ4v) is 6.72. The highest BCUT2D eigenvalue weighted by atomic mass is 19.2. The fraction of sp³-hybridized carbons (Fsp3) is 0.389. The number of epoxide rings is 1. The lowest BCUT2D eigenvalue weighted by Gasteiger charge is -2.30. The molecule has 15 nitrogen and oxygen atoms in total. The fourth-order valence-electron chi connectivity index (χ4n) is 6.72. The van der Waals surface area contributed by atoms with Crippen LogP contribution in [0.5, 0.6) is 17.6 Å². The normalized spacial score (nSPS) is 12.9. The Morgan fingerprint density at radius 2 is 1.05 bits per heavy atom. The van der Waals surface area contributed by atoms with E-state index in [1.54, 1.807) is 53.6 Å². The minimum absolute atomic E-state index is 0. The lowest BCUT2D eigenvalue weighted by atomic mass is 10.1. The Balaban J connectivity index is 0.000000517. The molecule has 0 aliphatic carbocycles. The molecule has 1 saturated heterocycles. The molecule has 3 aromatic heterocycles. The number of methoxy groups -OCH3 is 3. The van der Waals surface area contributed by atoms with Gasteiger partial charge in [0, 0.05) is 93.7 Å². The van der Waals surface area contributed by atoms with Crippen LogP contribution in [0.1, 0.15) is 73.9 Å². The van der Waals surface area contributed by atoms with Crippen LogP contribution in [0.3, 0.4) is 0 Å². The number of hydrogen-bond acceptors (Lipinski definition) is 15. The summed E-state index contributed by atoms with van der Waals surface area (Å²) in [5.74, 6) is -3.81. The first kappa shape index (κ1) is 66.7. The zero-order valence-corrected chi connectivity index (χ0v) is 40.0. The van der Waals surface area contributed by atoms with Gasteiger partial charge in [-0.1, -0.05) is 46.5 Å². The van der Waals surface area contributed by atoms with Crippen molar-refractivity contribution in [3.8, 4) is 17.6 Å². The number of rotatable bonds is 22. The van der Waals surface area contributed by atoms with E-state index in [4.69, 9.17) is 24.1 Å². The monoisotopic (exact) mass is 1060 g/mol. The number of nitrogens with zero attached hydrogens (tertiary/aromatic N) is 5. The van der Waals surface area contributed by atoms with Crippen LogP contribution in [0.25, 0.3) is 0 Å². The third kappa shape index (κ3) is 23.0. The zero-order chi connectivity index (χ0) is 52.4. The summed E-state index contributed by atoms with van der Waals surface area (Å²) in [5.41, 5.74) is 4.22. The van der Waals surface area contributed by atoms with Crippen molar-refractivity contribution in [2.75, 3.05) is 80.5 Å². The summed E-state index contributed by atoms with van der Waals surface area (Å²) in [4.78, 5) is 15.7. The molecule has 3 aromatic carbocycles. The van der Waals surface area contributed by atoms with Gasteiger partial charge in [-0.2, -0.15) is 0 Å². The predicted octanol–water partition coefficient (Wildman–Crippen LogP) is 7.91. The first-order chi connectivity index (χ1) is 34.7. The van der Waals surface area contributed by atoms with Crippen molar-refractivity contribution in [1.29, 1.82) is 0 Å². The Morgan fingerprint density at radius 3 is 1.47 bits per heavy atom. The second kappa shape index (κ2) is 35.8. The Bertz CT molecular complexity index is 2480. The topological polar surface area (TPSA) is 199 Å². The molecule has 7 rings (SSSR count). The lowest BCUT2D eigenvalue weighted by Crippen LogP contribution is -2.33. The largest absolute Gasteiger partial charge is 0.481 e. The second-order valence-corrected chi connectivity index (χ2v) is 15.7. The highest BCUT2D eigenvalue weighted by Crippen LogP contribution is 2.29. The van der Waals surface area contributed by atoms with Gasteiger partial charge in [0.2, 0.25) is 17.6 Å². The summed E-state index contributed by atoms with van der Waals surface area (Å²) in [6, 6.07) is 21.2. The third-order valence-electron chi connectivity index (χ3n) is 10.6. The molecule has 21 heteroatoms. The molecule has 1 aliphatic heterocycles. The van der Waals surface area contributed by atoms with Crippen molar-refractivity contribution in [2.45, 2.75) is 60.2 Å². The van der Waals surface area contributed by atoms with Crippen LogP contribution in [0.4, 0.5) is 26.3 Å². The van der Waals surface area contributed by atoms with Crippen molar-refractivity contribution in [3.05, 3.63) is 178 Å². The number of aliphatic hydroxyl groups excluding tert-OH is 5. The van der Waals surface area contributed by atoms with Crippen LogP contribution in [-0.2, 0) is 24.4 Å². The molecule has 4 heterocycles. The first-order valence-corrected chi connectivity index (χ1v) is 22.5. The summed E-state index contributed by atoms with van der Waals surface area (Å²) in [6.45, 7) is 2.56. The Labute approximate surface area is 436 Å². The maximum Gasteiger partial charge on any atom is 0.212 e. The molecule has 1 fully saturated rings. The molecule has 6 N–H and O–H groups in total. The van der Waals surface area contributed by atoms with E-state index in [9.17, 15) is 46.8 Å². The summed E-state index contributed by atoms with van der Waals surface area (Å²) in [7, 11) is 4.62. The number of hydrogen-bond donors (Lipinski definition) is 6. The van der Waals surface area contributed by atoms with Crippen molar-refractivity contribution >= 4 is 0 Å². The molecule has 0 spiro atoms. The van der Waals surface area contributed by atoms with Crippen LogP contribution < -0.4 is 19.5 Å². The second-order valence-electron chi connectivity index (χ2n) is 15.7. The Kier molecular flexibility index (Phi) is 31.9. The van der Waals surface area contributed by atoms with Crippen LogP contribution in [0.2, 0.25) is 0 Å². The first-order valence-electron chi connectivity index (χ1n) is 22.5. The molecular weight excluding hydrogens is 991 g/mol. The van der Waals surface area contributed by atoms with Crippen LogP contribution in [0, 0.1) is 34.9 Å². The van der Waals surface area contributed by atoms with Gasteiger partial charge in [-0.15, -0.1) is 0 Å². The molecule has 3 unspecified atom stereocenters. The molecule has 0 radical (unpaired) electrons. The predicted molar refractivity (Wildman–Crippen MR) is 274 cm³/mol. The molecular formula is C54H72F6N6O9. The minimum Gasteiger partial charge on any atom is -0.481 e. The van der Waals surface area contributed by atoms with E-state index in [0.717, 1.165) is 54.1 Å². The quantitative estimate of drug-likeness (QED) is 0.0218. The van der Waals surface area contributed by atoms with Gasteiger partial charge >= 0.3 is 0 Å². The van der Waals surface area contributed by atoms with E-state index in [-0.39, 0.29) is 81.0 Å². The summed E-state index contributed by atoms with van der Waals surface area (Å²) >= 11 is 0. The molecule has 3 atom stereocenters. The number of nitrogens with one attached hydrogen (secondary N) is 1.